The molecule has 1 aromatic rings. The lowest BCUT2D eigenvalue weighted by Crippen LogP contribution is -2.08. The van der Waals surface area contributed by atoms with Crippen molar-refractivity contribution in [1.82, 2.24) is 4.98 Å². The van der Waals surface area contributed by atoms with Crippen molar-refractivity contribution in [2.24, 2.45) is 5.73 Å². The molecule has 4 N–H and O–H groups in total. The molecule has 1 heterocycles. The second kappa shape index (κ2) is 4.66. The van der Waals surface area contributed by atoms with E-state index in [1.807, 2.05) is 6.07 Å². The van der Waals surface area contributed by atoms with Crippen molar-refractivity contribution in [3.05, 3.63) is 23.0 Å². The molecule has 0 aliphatic rings. The Kier molecular flexibility index (Phi) is 3.52. The summed E-state index contributed by atoms with van der Waals surface area (Å²) in [6, 6.07) is 2.98. The van der Waals surface area contributed by atoms with Gasteiger partial charge in [-0.25, -0.2) is 8.78 Å². The third kappa shape index (κ3) is 2.39. The zero-order valence-corrected chi connectivity index (χ0v) is 7.87. The van der Waals surface area contributed by atoms with Crippen molar-refractivity contribution in [3.8, 4) is 6.07 Å². The molecule has 0 aliphatic heterocycles. The third-order valence-electron chi connectivity index (χ3n) is 1.91. The number of hydrogen-bond acceptors (Lipinski definition) is 4. The highest BCUT2D eigenvalue weighted by atomic mass is 19.3. The normalized spacial score (nSPS) is 10.3. The van der Waals surface area contributed by atoms with E-state index >= 15 is 0 Å². The fourth-order valence-electron chi connectivity index (χ4n) is 1.18. The molecular formula is C9H10F2N4. The van der Waals surface area contributed by atoms with Crippen LogP contribution in [0.5, 0.6) is 0 Å². The van der Waals surface area contributed by atoms with Gasteiger partial charge in [-0.2, -0.15) is 5.26 Å². The average molecular weight is 212 g/mol. The maximum atomic E-state index is 12.5. The average Bonchev–Trinajstić information content (AvgIpc) is 2.21. The highest BCUT2D eigenvalue weighted by Gasteiger charge is 2.16. The van der Waals surface area contributed by atoms with Gasteiger partial charge in [-0.1, -0.05) is 0 Å². The topological polar surface area (TPSA) is 88.7 Å². The molecule has 0 aromatic carbocycles. The van der Waals surface area contributed by atoms with Crippen LogP contribution in [0, 0.1) is 11.3 Å². The Bertz CT molecular complexity index is 398. The standard InChI is InChI=1S/C9H10F2N4/c10-9(11)6-3-5(4-13)15-7(1-2-12)8(6)14/h3,9H,1,4,13-14H2. The van der Waals surface area contributed by atoms with E-state index in [1.165, 1.54) is 6.07 Å². The van der Waals surface area contributed by atoms with Crippen molar-refractivity contribution in [1.29, 1.82) is 5.26 Å². The van der Waals surface area contributed by atoms with Crippen LogP contribution in [0.25, 0.3) is 0 Å². The number of nitriles is 1. The predicted octanol–water partition coefficient (Wildman–Crippen LogP) is 1.13. The number of halogens is 2. The van der Waals surface area contributed by atoms with Crippen LogP contribution in [0.15, 0.2) is 6.07 Å². The van der Waals surface area contributed by atoms with Crippen LogP contribution in [0.3, 0.4) is 0 Å². The van der Waals surface area contributed by atoms with E-state index in [4.69, 9.17) is 16.7 Å². The summed E-state index contributed by atoms with van der Waals surface area (Å²) in [5.41, 5.74) is 10.8. The molecule has 15 heavy (non-hydrogen) atoms. The van der Waals surface area contributed by atoms with Crippen LogP contribution in [-0.2, 0) is 13.0 Å². The van der Waals surface area contributed by atoms with Gasteiger partial charge in [0.1, 0.15) is 0 Å². The lowest BCUT2D eigenvalue weighted by molar-refractivity contribution is 0.152. The van der Waals surface area contributed by atoms with Gasteiger partial charge >= 0.3 is 0 Å². The Morgan fingerprint density at radius 1 is 1.53 bits per heavy atom. The molecule has 0 aliphatic carbocycles. The van der Waals surface area contributed by atoms with Crippen molar-refractivity contribution in [3.63, 3.8) is 0 Å². The minimum absolute atomic E-state index is 0.0401. The summed E-state index contributed by atoms with van der Waals surface area (Å²) in [5.74, 6) is 0. The summed E-state index contributed by atoms with van der Waals surface area (Å²) in [6.45, 7) is 0.0401. The Morgan fingerprint density at radius 2 is 2.20 bits per heavy atom. The number of aromatic nitrogens is 1. The maximum absolute atomic E-state index is 12.5. The number of nitrogens with two attached hydrogens (primary N) is 2. The first kappa shape index (κ1) is 11.3. The highest BCUT2D eigenvalue weighted by Crippen LogP contribution is 2.27. The van der Waals surface area contributed by atoms with Gasteiger partial charge in [0.05, 0.1) is 29.6 Å². The van der Waals surface area contributed by atoms with Crippen LogP contribution in [0.1, 0.15) is 23.4 Å². The van der Waals surface area contributed by atoms with Crippen LogP contribution < -0.4 is 11.5 Å². The molecule has 0 atom stereocenters. The van der Waals surface area contributed by atoms with Gasteiger partial charge in [0.15, 0.2) is 0 Å². The fraction of sp³-hybridized carbons (Fsp3) is 0.333. The Morgan fingerprint density at radius 3 is 2.67 bits per heavy atom. The van der Waals surface area contributed by atoms with Crippen LogP contribution in [-0.4, -0.2) is 4.98 Å². The smallest absolute Gasteiger partial charge is 0.265 e. The molecule has 80 valence electrons. The predicted molar refractivity (Wildman–Crippen MR) is 50.8 cm³/mol. The second-order valence-corrected chi connectivity index (χ2v) is 2.90. The van der Waals surface area contributed by atoms with Gasteiger partial charge in [0, 0.05) is 12.1 Å². The van der Waals surface area contributed by atoms with Gasteiger partial charge < -0.3 is 11.5 Å². The monoisotopic (exact) mass is 212 g/mol. The maximum Gasteiger partial charge on any atom is 0.265 e. The van der Waals surface area contributed by atoms with E-state index in [2.05, 4.69) is 4.98 Å². The zero-order chi connectivity index (χ0) is 11.4. The highest BCUT2D eigenvalue weighted by molar-refractivity contribution is 5.53. The number of anilines is 1. The quantitative estimate of drug-likeness (QED) is 0.785. The molecule has 4 nitrogen and oxygen atoms in total. The molecule has 0 fully saturated rings. The molecule has 0 bridgehead atoms. The molecule has 0 unspecified atom stereocenters. The summed E-state index contributed by atoms with van der Waals surface area (Å²) >= 11 is 0. The van der Waals surface area contributed by atoms with E-state index in [0.29, 0.717) is 5.69 Å². The van der Waals surface area contributed by atoms with Gasteiger partial charge in [-0.3, -0.25) is 4.98 Å². The lowest BCUT2D eigenvalue weighted by Gasteiger charge is -2.10. The molecule has 6 heteroatoms. The first-order valence-electron chi connectivity index (χ1n) is 4.23. The molecule has 0 radical (unpaired) electrons. The van der Waals surface area contributed by atoms with Gasteiger partial charge in [0.25, 0.3) is 6.43 Å². The summed E-state index contributed by atoms with van der Waals surface area (Å²) in [7, 11) is 0. The van der Waals surface area contributed by atoms with Crippen LogP contribution in [0.4, 0.5) is 14.5 Å². The summed E-state index contributed by atoms with van der Waals surface area (Å²) in [4.78, 5) is 3.92. The van der Waals surface area contributed by atoms with Crippen molar-refractivity contribution in [2.45, 2.75) is 19.4 Å². The number of nitrogen functional groups attached to an aromatic ring is 1. The first-order chi connectivity index (χ1) is 7.10. The Hall–Kier alpha value is -1.74. The SMILES string of the molecule is N#CCc1nc(CN)cc(C(F)F)c1N. The van der Waals surface area contributed by atoms with E-state index in [1.54, 1.807) is 0 Å². The van der Waals surface area contributed by atoms with Gasteiger partial charge in [0.2, 0.25) is 0 Å². The first-order valence-corrected chi connectivity index (χ1v) is 4.23. The minimum Gasteiger partial charge on any atom is -0.397 e. The Balaban J connectivity index is 3.28. The van der Waals surface area contributed by atoms with E-state index in [-0.39, 0.29) is 29.9 Å². The van der Waals surface area contributed by atoms with Gasteiger partial charge in [-0.05, 0) is 6.07 Å². The number of hydrogen-bond donors (Lipinski definition) is 2. The van der Waals surface area contributed by atoms with Crippen molar-refractivity contribution in [2.75, 3.05) is 5.73 Å². The van der Waals surface area contributed by atoms with Crippen LogP contribution >= 0.6 is 0 Å². The van der Waals surface area contributed by atoms with Gasteiger partial charge in [-0.15, -0.1) is 0 Å². The zero-order valence-electron chi connectivity index (χ0n) is 7.87. The molecule has 1 aromatic heterocycles. The van der Waals surface area contributed by atoms with Crippen molar-refractivity contribution >= 4 is 5.69 Å². The van der Waals surface area contributed by atoms with Crippen molar-refractivity contribution < 1.29 is 8.78 Å². The third-order valence-corrected chi connectivity index (χ3v) is 1.91. The second-order valence-electron chi connectivity index (χ2n) is 2.90. The lowest BCUT2D eigenvalue weighted by atomic mass is 10.1. The molecular weight excluding hydrogens is 202 g/mol. The molecule has 0 spiro atoms. The largest absolute Gasteiger partial charge is 0.397 e. The molecule has 0 saturated carbocycles. The van der Waals surface area contributed by atoms with E-state index in [0.717, 1.165) is 0 Å². The fourth-order valence-corrected chi connectivity index (χ4v) is 1.18. The number of alkyl halides is 2. The summed E-state index contributed by atoms with van der Waals surface area (Å²) < 4.78 is 25.1. The number of rotatable bonds is 3. The molecule has 0 amide bonds. The van der Waals surface area contributed by atoms with E-state index < -0.39 is 6.43 Å². The summed E-state index contributed by atoms with van der Waals surface area (Å²) in [6.07, 6.45) is -2.78. The molecule has 1 rings (SSSR count). The summed E-state index contributed by atoms with van der Waals surface area (Å²) in [5, 5.41) is 8.47. The number of pyridine rings is 1. The number of nitrogens with zero attached hydrogens (tertiary/aromatic N) is 2. The Labute approximate surface area is 85.5 Å². The van der Waals surface area contributed by atoms with E-state index in [9.17, 15) is 8.78 Å². The molecule has 0 saturated heterocycles. The minimum atomic E-state index is -2.68. The van der Waals surface area contributed by atoms with Crippen LogP contribution in [0.2, 0.25) is 0 Å².